The second-order valence-corrected chi connectivity index (χ2v) is 6.84. The minimum absolute atomic E-state index is 0.640. The van der Waals surface area contributed by atoms with Crippen molar-refractivity contribution in [3.63, 3.8) is 0 Å². The standard InChI is InChI=1S/C14H23BrN4O/c1-10-11(16)8-17-13(12(10)15)19-6-4-18(5-7-19)9-14(2,3)20/h8,20H,4-7,9,16H2,1-3H3. The summed E-state index contributed by atoms with van der Waals surface area (Å²) in [6.07, 6.45) is 1.72. The number of rotatable bonds is 3. The maximum atomic E-state index is 9.87. The highest BCUT2D eigenvalue weighted by Gasteiger charge is 2.24. The fourth-order valence-corrected chi connectivity index (χ4v) is 3.05. The summed E-state index contributed by atoms with van der Waals surface area (Å²) in [5, 5.41) is 9.87. The molecule has 1 aliphatic rings. The Kier molecular flexibility index (Phi) is 4.56. The highest BCUT2D eigenvalue weighted by Crippen LogP contribution is 2.30. The molecule has 1 aromatic rings. The second-order valence-electron chi connectivity index (χ2n) is 6.05. The van der Waals surface area contributed by atoms with E-state index in [0.717, 1.165) is 42.0 Å². The molecule has 2 heterocycles. The summed E-state index contributed by atoms with van der Waals surface area (Å²) in [7, 11) is 0. The summed E-state index contributed by atoms with van der Waals surface area (Å²) in [6.45, 7) is 10.1. The molecule has 0 amide bonds. The molecule has 20 heavy (non-hydrogen) atoms. The number of nitrogens with zero attached hydrogens (tertiary/aromatic N) is 3. The van der Waals surface area contributed by atoms with Crippen LogP contribution in [0.15, 0.2) is 10.7 Å². The zero-order valence-corrected chi connectivity index (χ0v) is 13.9. The van der Waals surface area contributed by atoms with Crippen LogP contribution in [0.3, 0.4) is 0 Å². The van der Waals surface area contributed by atoms with Gasteiger partial charge >= 0.3 is 0 Å². The molecule has 0 aromatic carbocycles. The van der Waals surface area contributed by atoms with Crippen LogP contribution in [0.2, 0.25) is 0 Å². The van der Waals surface area contributed by atoms with Gasteiger partial charge in [0.15, 0.2) is 0 Å². The second kappa shape index (κ2) is 5.87. The van der Waals surface area contributed by atoms with Crippen molar-refractivity contribution in [3.05, 3.63) is 16.2 Å². The summed E-state index contributed by atoms with van der Waals surface area (Å²) < 4.78 is 0.980. The first-order chi connectivity index (χ1) is 9.28. The van der Waals surface area contributed by atoms with Gasteiger partial charge in [-0.15, -0.1) is 0 Å². The number of halogens is 1. The van der Waals surface area contributed by atoms with Crippen LogP contribution in [0, 0.1) is 6.92 Å². The molecule has 0 bridgehead atoms. The lowest BCUT2D eigenvalue weighted by Gasteiger charge is -2.38. The van der Waals surface area contributed by atoms with Gasteiger partial charge in [0.2, 0.25) is 0 Å². The van der Waals surface area contributed by atoms with Gasteiger partial charge in [-0.25, -0.2) is 4.98 Å². The molecule has 1 saturated heterocycles. The molecule has 6 heteroatoms. The predicted octanol–water partition coefficient (Wildman–Crippen LogP) is 1.63. The molecule has 5 nitrogen and oxygen atoms in total. The summed E-state index contributed by atoms with van der Waals surface area (Å²) in [6, 6.07) is 0. The van der Waals surface area contributed by atoms with E-state index in [1.165, 1.54) is 0 Å². The zero-order valence-electron chi connectivity index (χ0n) is 12.4. The minimum Gasteiger partial charge on any atom is -0.397 e. The third-order valence-corrected chi connectivity index (χ3v) is 4.52. The zero-order chi connectivity index (χ0) is 14.9. The molecule has 1 fully saturated rings. The van der Waals surface area contributed by atoms with Gasteiger partial charge in [0.05, 0.1) is 22.0 Å². The van der Waals surface area contributed by atoms with Crippen LogP contribution in [0.1, 0.15) is 19.4 Å². The topological polar surface area (TPSA) is 65.6 Å². The first kappa shape index (κ1) is 15.5. The van der Waals surface area contributed by atoms with Crippen molar-refractivity contribution in [2.45, 2.75) is 26.4 Å². The highest BCUT2D eigenvalue weighted by atomic mass is 79.9. The maximum absolute atomic E-state index is 9.87. The number of nitrogens with two attached hydrogens (primary N) is 1. The Morgan fingerprint density at radius 1 is 1.35 bits per heavy atom. The van der Waals surface area contributed by atoms with Crippen LogP contribution >= 0.6 is 15.9 Å². The van der Waals surface area contributed by atoms with Gasteiger partial charge in [0.25, 0.3) is 0 Å². The van der Waals surface area contributed by atoms with Crippen molar-refractivity contribution >= 4 is 27.4 Å². The lowest BCUT2D eigenvalue weighted by atomic mass is 10.1. The molecule has 0 atom stereocenters. The average Bonchev–Trinajstić information content (AvgIpc) is 2.36. The molecule has 0 aliphatic carbocycles. The van der Waals surface area contributed by atoms with Gasteiger partial charge in [-0.2, -0.15) is 0 Å². The fraction of sp³-hybridized carbons (Fsp3) is 0.643. The van der Waals surface area contributed by atoms with Gasteiger partial charge < -0.3 is 15.7 Å². The van der Waals surface area contributed by atoms with Crippen molar-refractivity contribution in [2.75, 3.05) is 43.4 Å². The van der Waals surface area contributed by atoms with E-state index in [1.54, 1.807) is 6.20 Å². The largest absolute Gasteiger partial charge is 0.397 e. The smallest absolute Gasteiger partial charge is 0.143 e. The van der Waals surface area contributed by atoms with Gasteiger partial charge in [-0.1, -0.05) is 0 Å². The van der Waals surface area contributed by atoms with E-state index in [2.05, 4.69) is 30.7 Å². The van der Waals surface area contributed by atoms with Crippen molar-refractivity contribution in [3.8, 4) is 0 Å². The Labute approximate surface area is 128 Å². The molecule has 0 spiro atoms. The fourth-order valence-electron chi connectivity index (χ4n) is 2.46. The number of aliphatic hydroxyl groups is 1. The van der Waals surface area contributed by atoms with Crippen molar-refractivity contribution in [1.29, 1.82) is 0 Å². The van der Waals surface area contributed by atoms with Gasteiger partial charge in [0.1, 0.15) is 5.82 Å². The van der Waals surface area contributed by atoms with Crippen molar-refractivity contribution < 1.29 is 5.11 Å². The molecule has 3 N–H and O–H groups in total. The Hall–Kier alpha value is -0.850. The first-order valence-corrected chi connectivity index (χ1v) is 7.67. The summed E-state index contributed by atoms with van der Waals surface area (Å²) >= 11 is 3.59. The predicted molar refractivity (Wildman–Crippen MR) is 86.0 cm³/mol. The van der Waals surface area contributed by atoms with E-state index in [0.29, 0.717) is 12.2 Å². The van der Waals surface area contributed by atoms with Crippen LogP contribution in [0.4, 0.5) is 11.5 Å². The van der Waals surface area contributed by atoms with E-state index in [9.17, 15) is 5.11 Å². The molecule has 0 saturated carbocycles. The SMILES string of the molecule is Cc1c(N)cnc(N2CCN(CC(C)(C)O)CC2)c1Br. The van der Waals surface area contributed by atoms with E-state index in [1.807, 2.05) is 20.8 Å². The van der Waals surface area contributed by atoms with Gasteiger partial charge in [-0.05, 0) is 42.3 Å². The quantitative estimate of drug-likeness (QED) is 0.873. The Bertz CT molecular complexity index is 479. The van der Waals surface area contributed by atoms with E-state index < -0.39 is 5.60 Å². The Morgan fingerprint density at radius 3 is 2.50 bits per heavy atom. The summed E-state index contributed by atoms with van der Waals surface area (Å²) in [4.78, 5) is 9.00. The lowest BCUT2D eigenvalue weighted by molar-refractivity contribution is 0.0344. The number of piperazine rings is 1. The van der Waals surface area contributed by atoms with Crippen LogP contribution in [-0.2, 0) is 0 Å². The van der Waals surface area contributed by atoms with Crippen molar-refractivity contribution in [1.82, 2.24) is 9.88 Å². The molecule has 0 radical (unpaired) electrons. The minimum atomic E-state index is -0.640. The molecule has 112 valence electrons. The number of hydrogen-bond donors (Lipinski definition) is 2. The molecular weight excluding hydrogens is 320 g/mol. The lowest BCUT2D eigenvalue weighted by Crippen LogP contribution is -2.50. The van der Waals surface area contributed by atoms with Crippen LogP contribution in [-0.4, -0.2) is 53.3 Å². The summed E-state index contributed by atoms with van der Waals surface area (Å²) in [5.74, 6) is 0.958. The van der Waals surface area contributed by atoms with Crippen molar-refractivity contribution in [2.24, 2.45) is 0 Å². The molecule has 0 unspecified atom stereocenters. The Morgan fingerprint density at radius 2 is 1.95 bits per heavy atom. The third kappa shape index (κ3) is 3.62. The third-order valence-electron chi connectivity index (χ3n) is 3.57. The number of hydrogen-bond acceptors (Lipinski definition) is 5. The van der Waals surface area contributed by atoms with Crippen LogP contribution in [0.5, 0.6) is 0 Å². The number of aromatic nitrogens is 1. The average molecular weight is 343 g/mol. The highest BCUT2D eigenvalue weighted by molar-refractivity contribution is 9.10. The number of pyridine rings is 1. The number of β-amino-alcohol motifs (C(OH)–C–C–N with tert-alkyl or cyclic N) is 1. The van der Waals surface area contributed by atoms with Gasteiger partial charge in [0, 0.05) is 32.7 Å². The summed E-state index contributed by atoms with van der Waals surface area (Å²) in [5.41, 5.74) is 6.97. The molecular formula is C14H23BrN4O. The van der Waals surface area contributed by atoms with E-state index >= 15 is 0 Å². The normalized spacial score (nSPS) is 17.6. The molecule has 1 aromatic heterocycles. The molecule has 2 rings (SSSR count). The first-order valence-electron chi connectivity index (χ1n) is 6.88. The Balaban J connectivity index is 2.03. The number of nitrogen functional groups attached to an aromatic ring is 1. The monoisotopic (exact) mass is 342 g/mol. The van der Waals surface area contributed by atoms with E-state index in [-0.39, 0.29) is 0 Å². The van der Waals surface area contributed by atoms with E-state index in [4.69, 9.17) is 5.73 Å². The van der Waals surface area contributed by atoms with Crippen LogP contribution < -0.4 is 10.6 Å². The number of anilines is 2. The van der Waals surface area contributed by atoms with Crippen LogP contribution in [0.25, 0.3) is 0 Å². The molecule has 1 aliphatic heterocycles. The maximum Gasteiger partial charge on any atom is 0.143 e. The van der Waals surface area contributed by atoms with Gasteiger partial charge in [-0.3, -0.25) is 4.90 Å².